The van der Waals surface area contributed by atoms with Gasteiger partial charge >= 0.3 is 0 Å². The average Bonchev–Trinajstić information content (AvgIpc) is 2.88. The SMILES string of the molecule is Cc1noc(C)c1S(=O)(=O)NCCc1cc2cccc(C)c2[nH]c1=O. The van der Waals surface area contributed by atoms with E-state index in [0.717, 1.165) is 16.5 Å². The summed E-state index contributed by atoms with van der Waals surface area (Å²) in [5, 5.41) is 4.58. The summed E-state index contributed by atoms with van der Waals surface area (Å²) in [6.07, 6.45) is 0.280. The summed E-state index contributed by atoms with van der Waals surface area (Å²) in [6.45, 7) is 5.15. The maximum atomic E-state index is 12.4. The van der Waals surface area contributed by atoms with Crippen molar-refractivity contribution >= 4 is 20.9 Å². The molecule has 1 aromatic carbocycles. The number of hydrogen-bond donors (Lipinski definition) is 2. The molecule has 0 saturated heterocycles. The zero-order chi connectivity index (χ0) is 18.2. The standard InChI is InChI=1S/C17H19N3O4S/c1-10-5-4-6-13-9-14(17(21)19-15(10)13)7-8-18-25(22,23)16-11(2)20-24-12(16)3/h4-6,9,18H,7-8H2,1-3H3,(H,19,21). The largest absolute Gasteiger partial charge is 0.360 e. The van der Waals surface area contributed by atoms with Crippen LogP contribution in [0.1, 0.15) is 22.6 Å². The Hall–Kier alpha value is -2.45. The highest BCUT2D eigenvalue weighted by molar-refractivity contribution is 7.89. The third-order valence-electron chi connectivity index (χ3n) is 4.09. The number of aromatic amines is 1. The number of para-hydroxylation sites is 1. The maximum absolute atomic E-state index is 12.4. The van der Waals surface area contributed by atoms with E-state index in [1.165, 1.54) is 0 Å². The minimum Gasteiger partial charge on any atom is -0.360 e. The molecule has 25 heavy (non-hydrogen) atoms. The van der Waals surface area contributed by atoms with E-state index in [2.05, 4.69) is 14.9 Å². The van der Waals surface area contributed by atoms with Gasteiger partial charge in [-0.25, -0.2) is 13.1 Å². The Morgan fingerprint density at radius 2 is 2.00 bits per heavy atom. The van der Waals surface area contributed by atoms with Crippen molar-refractivity contribution in [2.75, 3.05) is 6.54 Å². The lowest BCUT2D eigenvalue weighted by Crippen LogP contribution is -2.28. The first-order chi connectivity index (χ1) is 11.8. The van der Waals surface area contributed by atoms with Crippen LogP contribution >= 0.6 is 0 Å². The zero-order valence-corrected chi connectivity index (χ0v) is 15.0. The normalized spacial score (nSPS) is 12.0. The molecule has 132 valence electrons. The smallest absolute Gasteiger partial charge is 0.251 e. The minimum absolute atomic E-state index is 0.0514. The van der Waals surface area contributed by atoms with Crippen molar-refractivity contribution in [1.82, 2.24) is 14.9 Å². The van der Waals surface area contributed by atoms with Crippen molar-refractivity contribution in [3.8, 4) is 0 Å². The molecule has 2 N–H and O–H groups in total. The number of fused-ring (bicyclic) bond motifs is 1. The van der Waals surface area contributed by atoms with Crippen LogP contribution in [0.25, 0.3) is 10.9 Å². The van der Waals surface area contributed by atoms with Crippen molar-refractivity contribution in [2.45, 2.75) is 32.1 Å². The predicted octanol–water partition coefficient (Wildman–Crippen LogP) is 1.96. The molecule has 0 unspecified atom stereocenters. The molecule has 3 aromatic rings. The molecule has 0 amide bonds. The molecule has 2 heterocycles. The number of aromatic nitrogens is 2. The molecule has 0 spiro atoms. The van der Waals surface area contributed by atoms with Gasteiger partial charge in [0.2, 0.25) is 10.0 Å². The van der Waals surface area contributed by atoms with E-state index < -0.39 is 10.0 Å². The molecule has 0 aliphatic heterocycles. The van der Waals surface area contributed by atoms with Crippen LogP contribution in [0, 0.1) is 20.8 Å². The molecular weight excluding hydrogens is 342 g/mol. The van der Waals surface area contributed by atoms with Gasteiger partial charge in [0, 0.05) is 12.1 Å². The Morgan fingerprint density at radius 3 is 2.68 bits per heavy atom. The summed E-state index contributed by atoms with van der Waals surface area (Å²) in [7, 11) is -3.73. The number of rotatable bonds is 5. The number of aryl methyl sites for hydroxylation is 3. The Balaban J connectivity index is 1.80. The fourth-order valence-corrected chi connectivity index (χ4v) is 4.22. The molecule has 8 heteroatoms. The zero-order valence-electron chi connectivity index (χ0n) is 14.2. The molecule has 2 aromatic heterocycles. The fraction of sp³-hybridized carbons (Fsp3) is 0.294. The molecule has 3 rings (SSSR count). The second-order valence-electron chi connectivity index (χ2n) is 5.96. The number of nitrogens with zero attached hydrogens (tertiary/aromatic N) is 1. The Morgan fingerprint density at radius 1 is 1.24 bits per heavy atom. The lowest BCUT2D eigenvalue weighted by Gasteiger charge is -2.07. The predicted molar refractivity (Wildman–Crippen MR) is 94.2 cm³/mol. The van der Waals surface area contributed by atoms with E-state index in [0.29, 0.717) is 11.3 Å². The molecular formula is C17H19N3O4S. The third-order valence-corrected chi connectivity index (χ3v) is 5.79. The van der Waals surface area contributed by atoms with Crippen LogP contribution in [-0.4, -0.2) is 25.1 Å². The first-order valence-corrected chi connectivity index (χ1v) is 9.32. The van der Waals surface area contributed by atoms with Crippen molar-refractivity contribution in [3.63, 3.8) is 0 Å². The van der Waals surface area contributed by atoms with Crippen LogP contribution in [0.4, 0.5) is 0 Å². The van der Waals surface area contributed by atoms with Gasteiger partial charge in [-0.1, -0.05) is 23.4 Å². The van der Waals surface area contributed by atoms with E-state index in [1.807, 2.05) is 25.1 Å². The molecule has 0 bridgehead atoms. The molecule has 0 aliphatic rings. The maximum Gasteiger partial charge on any atom is 0.251 e. The van der Waals surface area contributed by atoms with Gasteiger partial charge in [0.25, 0.3) is 5.56 Å². The van der Waals surface area contributed by atoms with Crippen LogP contribution < -0.4 is 10.3 Å². The number of nitrogens with one attached hydrogen (secondary N) is 2. The summed E-state index contributed by atoms with van der Waals surface area (Å²) >= 11 is 0. The van der Waals surface area contributed by atoms with E-state index in [1.54, 1.807) is 19.9 Å². The second kappa shape index (κ2) is 6.45. The number of hydrogen-bond acceptors (Lipinski definition) is 5. The molecule has 7 nitrogen and oxygen atoms in total. The number of benzene rings is 1. The van der Waals surface area contributed by atoms with Crippen molar-refractivity contribution in [3.05, 3.63) is 57.2 Å². The Labute approximate surface area is 145 Å². The van der Waals surface area contributed by atoms with Crippen molar-refractivity contribution in [1.29, 1.82) is 0 Å². The van der Waals surface area contributed by atoms with E-state index >= 15 is 0 Å². The van der Waals surface area contributed by atoms with Crippen LogP contribution in [0.2, 0.25) is 0 Å². The highest BCUT2D eigenvalue weighted by atomic mass is 32.2. The van der Waals surface area contributed by atoms with Crippen molar-refractivity contribution in [2.24, 2.45) is 0 Å². The van der Waals surface area contributed by atoms with Crippen LogP contribution in [-0.2, 0) is 16.4 Å². The van der Waals surface area contributed by atoms with E-state index in [-0.39, 0.29) is 29.2 Å². The van der Waals surface area contributed by atoms with Gasteiger partial charge in [0.15, 0.2) is 5.76 Å². The quantitative estimate of drug-likeness (QED) is 0.723. The van der Waals surface area contributed by atoms with Gasteiger partial charge in [0.1, 0.15) is 10.6 Å². The van der Waals surface area contributed by atoms with Gasteiger partial charge in [-0.3, -0.25) is 4.79 Å². The molecule has 0 fully saturated rings. The van der Waals surface area contributed by atoms with E-state index in [4.69, 9.17) is 4.52 Å². The Bertz CT molecular complexity index is 1080. The lowest BCUT2D eigenvalue weighted by molar-refractivity contribution is 0.390. The third kappa shape index (κ3) is 3.35. The summed E-state index contributed by atoms with van der Waals surface area (Å²) < 4.78 is 32.1. The summed E-state index contributed by atoms with van der Waals surface area (Å²) in [5.74, 6) is 0.240. The van der Waals surface area contributed by atoms with Gasteiger partial charge < -0.3 is 9.51 Å². The van der Waals surface area contributed by atoms with E-state index in [9.17, 15) is 13.2 Å². The minimum atomic E-state index is -3.73. The monoisotopic (exact) mass is 361 g/mol. The number of sulfonamides is 1. The molecule has 0 atom stereocenters. The van der Waals surface area contributed by atoms with Crippen LogP contribution in [0.15, 0.2) is 38.5 Å². The van der Waals surface area contributed by atoms with Gasteiger partial charge in [0.05, 0.1) is 5.52 Å². The highest BCUT2D eigenvalue weighted by Gasteiger charge is 2.23. The topological polar surface area (TPSA) is 105 Å². The summed E-state index contributed by atoms with van der Waals surface area (Å²) in [5.41, 5.74) is 2.41. The average molecular weight is 361 g/mol. The molecule has 0 aliphatic carbocycles. The van der Waals surface area contributed by atoms with Gasteiger partial charge in [-0.15, -0.1) is 0 Å². The summed E-state index contributed by atoms with van der Waals surface area (Å²) in [4.78, 5) is 15.1. The van der Waals surface area contributed by atoms with Gasteiger partial charge in [-0.05, 0) is 44.2 Å². The number of H-pyrrole nitrogens is 1. The second-order valence-corrected chi connectivity index (χ2v) is 7.67. The van der Waals surface area contributed by atoms with Gasteiger partial charge in [-0.2, -0.15) is 0 Å². The highest BCUT2D eigenvalue weighted by Crippen LogP contribution is 2.18. The fourth-order valence-electron chi connectivity index (χ4n) is 2.86. The molecule has 0 saturated carbocycles. The first-order valence-electron chi connectivity index (χ1n) is 7.83. The number of pyridine rings is 1. The molecule has 0 radical (unpaired) electrons. The van der Waals surface area contributed by atoms with Crippen LogP contribution in [0.3, 0.4) is 0 Å². The Kier molecular flexibility index (Phi) is 4.49. The van der Waals surface area contributed by atoms with Crippen LogP contribution in [0.5, 0.6) is 0 Å². The van der Waals surface area contributed by atoms with Crippen molar-refractivity contribution < 1.29 is 12.9 Å². The first kappa shape index (κ1) is 17.4. The lowest BCUT2D eigenvalue weighted by atomic mass is 10.1. The summed E-state index contributed by atoms with van der Waals surface area (Å²) in [6, 6.07) is 7.55.